The van der Waals surface area contributed by atoms with E-state index in [2.05, 4.69) is 15.9 Å². The number of Topliss-reactive ketones (excluding diaryl/α,β-unsaturated/α-hetero) is 2. The Balaban J connectivity index is 0.000000270. The van der Waals surface area contributed by atoms with E-state index in [4.69, 9.17) is 29.5 Å². The number of carbonyl (C=O) groups excluding carboxylic acids is 2. The van der Waals surface area contributed by atoms with Crippen molar-refractivity contribution in [3.63, 3.8) is 0 Å². The van der Waals surface area contributed by atoms with Crippen LogP contribution < -0.4 is 14.2 Å². The van der Waals surface area contributed by atoms with E-state index >= 15 is 0 Å². The van der Waals surface area contributed by atoms with E-state index in [9.17, 15) is 19.8 Å². The summed E-state index contributed by atoms with van der Waals surface area (Å²) in [6.45, 7) is 3.92. The molecule has 0 fully saturated rings. The molecular formula is C36H41BrO10. The minimum atomic E-state index is -0.124. The molecule has 0 saturated heterocycles. The van der Waals surface area contributed by atoms with Crippen LogP contribution in [-0.4, -0.2) is 62.2 Å². The van der Waals surface area contributed by atoms with Crippen molar-refractivity contribution in [1.82, 2.24) is 0 Å². The molecular weight excluding hydrogens is 672 g/mol. The summed E-state index contributed by atoms with van der Waals surface area (Å²) < 4.78 is 16.4. The zero-order chi connectivity index (χ0) is 34.6. The Bertz CT molecular complexity index is 1480. The van der Waals surface area contributed by atoms with Gasteiger partial charge < -0.3 is 39.7 Å². The molecule has 0 unspecified atom stereocenters. The maximum atomic E-state index is 11.2. The summed E-state index contributed by atoms with van der Waals surface area (Å²) in [5.41, 5.74) is 3.94. The number of aliphatic hydroxyl groups excluding tert-OH is 4. The minimum absolute atomic E-state index is 0.0170. The van der Waals surface area contributed by atoms with Gasteiger partial charge in [0.15, 0.2) is 11.6 Å². The number of ether oxygens (including phenoxy) is 3. The van der Waals surface area contributed by atoms with Crippen LogP contribution in [0.2, 0.25) is 0 Å². The van der Waals surface area contributed by atoms with E-state index in [1.165, 1.54) is 19.1 Å². The van der Waals surface area contributed by atoms with Crippen molar-refractivity contribution < 1.29 is 49.3 Å². The first-order valence-corrected chi connectivity index (χ1v) is 15.8. The number of aliphatic hydroxyl groups is 4. The number of ketones is 2. The third-order valence-electron chi connectivity index (χ3n) is 6.28. The number of aromatic hydroxyl groups is 1. The lowest BCUT2D eigenvalue weighted by Crippen LogP contribution is -2.09. The van der Waals surface area contributed by atoms with E-state index in [1.807, 2.05) is 0 Å². The topological polar surface area (TPSA) is 163 Å². The molecule has 10 nitrogen and oxygen atoms in total. The van der Waals surface area contributed by atoms with Crippen molar-refractivity contribution in [2.24, 2.45) is 0 Å². The van der Waals surface area contributed by atoms with Gasteiger partial charge in [-0.15, -0.1) is 0 Å². The molecule has 4 rings (SSSR count). The van der Waals surface area contributed by atoms with Gasteiger partial charge in [-0.25, -0.2) is 0 Å². The molecule has 4 aromatic carbocycles. The van der Waals surface area contributed by atoms with E-state index in [1.54, 1.807) is 79.7 Å². The fourth-order valence-electron chi connectivity index (χ4n) is 3.97. The maximum Gasteiger partial charge on any atom is 0.159 e. The lowest BCUT2D eigenvalue weighted by molar-refractivity contribution is 0.100. The summed E-state index contributed by atoms with van der Waals surface area (Å²) in [7, 11) is 0. The molecule has 0 amide bonds. The first-order valence-electron chi connectivity index (χ1n) is 14.7. The number of rotatable bonds is 14. The van der Waals surface area contributed by atoms with Crippen LogP contribution in [0.4, 0.5) is 0 Å². The van der Waals surface area contributed by atoms with Crippen LogP contribution >= 0.6 is 15.9 Å². The monoisotopic (exact) mass is 712 g/mol. The zero-order valence-corrected chi connectivity index (χ0v) is 28.0. The molecule has 252 valence electrons. The Kier molecular flexibility index (Phi) is 17.8. The van der Waals surface area contributed by atoms with E-state index < -0.39 is 0 Å². The van der Waals surface area contributed by atoms with Gasteiger partial charge in [-0.05, 0) is 109 Å². The van der Waals surface area contributed by atoms with Gasteiger partial charge in [-0.1, -0.05) is 28.1 Å². The Hall–Kier alpha value is -4.26. The number of carbonyl (C=O) groups is 2. The molecule has 0 aliphatic carbocycles. The van der Waals surface area contributed by atoms with Gasteiger partial charge >= 0.3 is 0 Å². The maximum absolute atomic E-state index is 11.2. The molecule has 0 radical (unpaired) electrons. The first-order chi connectivity index (χ1) is 22.6. The van der Waals surface area contributed by atoms with Gasteiger partial charge in [-0.3, -0.25) is 9.59 Å². The molecule has 0 saturated carbocycles. The first kappa shape index (κ1) is 38.9. The van der Waals surface area contributed by atoms with Gasteiger partial charge in [0.2, 0.25) is 0 Å². The molecule has 47 heavy (non-hydrogen) atoms. The molecule has 0 heterocycles. The molecule has 0 atom stereocenters. The highest BCUT2D eigenvalue weighted by molar-refractivity contribution is 9.09. The van der Waals surface area contributed by atoms with E-state index in [0.717, 1.165) is 11.1 Å². The summed E-state index contributed by atoms with van der Waals surface area (Å²) in [6, 6.07) is 23.8. The van der Waals surface area contributed by atoms with Crippen molar-refractivity contribution in [2.75, 3.05) is 25.2 Å². The molecule has 11 heteroatoms. The molecule has 0 aromatic heterocycles. The van der Waals surface area contributed by atoms with Gasteiger partial charge in [0.1, 0.15) is 36.2 Å². The number of hydrogen-bond donors (Lipinski definition) is 5. The van der Waals surface area contributed by atoms with Crippen LogP contribution in [0.15, 0.2) is 84.9 Å². The average Bonchev–Trinajstić information content (AvgIpc) is 3.09. The highest BCUT2D eigenvalue weighted by Gasteiger charge is 2.03. The van der Waals surface area contributed by atoms with Crippen molar-refractivity contribution in [3.05, 3.63) is 118 Å². The van der Waals surface area contributed by atoms with Crippen molar-refractivity contribution in [2.45, 2.75) is 40.3 Å². The van der Waals surface area contributed by atoms with Crippen LogP contribution in [0.5, 0.6) is 23.0 Å². The SMILES string of the molecule is CC(=O)c1ccc(OCCBr)cc1.CC(=O)c1ccc(OCCOc2cc(CO)cc(CO)c2)cc1.OCc1cc(O)cc(CO)c1. The molecule has 5 N–H and O–H groups in total. The van der Waals surface area contributed by atoms with Crippen LogP contribution in [0, 0.1) is 0 Å². The number of benzene rings is 4. The third kappa shape index (κ3) is 14.8. The van der Waals surface area contributed by atoms with Crippen molar-refractivity contribution in [1.29, 1.82) is 0 Å². The van der Waals surface area contributed by atoms with Gasteiger partial charge in [0.25, 0.3) is 0 Å². The molecule has 0 spiro atoms. The summed E-state index contributed by atoms with van der Waals surface area (Å²) in [5.74, 6) is 2.20. The lowest BCUT2D eigenvalue weighted by Gasteiger charge is -2.11. The smallest absolute Gasteiger partial charge is 0.159 e. The Labute approximate surface area is 282 Å². The Morgan fingerprint density at radius 3 is 1.21 bits per heavy atom. The number of halogens is 1. The number of hydrogen-bond acceptors (Lipinski definition) is 10. The van der Waals surface area contributed by atoms with Gasteiger partial charge in [-0.2, -0.15) is 0 Å². The number of alkyl halides is 1. The average molecular weight is 714 g/mol. The number of phenolic OH excluding ortho intramolecular Hbond substituents is 1. The number of phenols is 1. The van der Waals surface area contributed by atoms with Gasteiger partial charge in [0.05, 0.1) is 33.0 Å². The van der Waals surface area contributed by atoms with Crippen LogP contribution in [0.25, 0.3) is 0 Å². The second-order valence-electron chi connectivity index (χ2n) is 10.0. The summed E-state index contributed by atoms with van der Waals surface area (Å²) in [6.07, 6.45) is 0. The predicted octanol–water partition coefficient (Wildman–Crippen LogP) is 5.37. The summed E-state index contributed by atoms with van der Waals surface area (Å²) in [4.78, 5) is 22.1. The molecule has 0 bridgehead atoms. The van der Waals surface area contributed by atoms with E-state index in [0.29, 0.717) is 64.7 Å². The minimum Gasteiger partial charge on any atom is -0.508 e. The highest BCUT2D eigenvalue weighted by atomic mass is 79.9. The lowest BCUT2D eigenvalue weighted by atomic mass is 10.1. The predicted molar refractivity (Wildman–Crippen MR) is 181 cm³/mol. The zero-order valence-electron chi connectivity index (χ0n) is 26.4. The van der Waals surface area contributed by atoms with Crippen molar-refractivity contribution in [3.8, 4) is 23.0 Å². The fraction of sp³-hybridized carbons (Fsp3) is 0.278. The quantitative estimate of drug-likeness (QED) is 0.0653. The highest BCUT2D eigenvalue weighted by Crippen LogP contribution is 2.19. The Morgan fingerprint density at radius 2 is 0.872 bits per heavy atom. The van der Waals surface area contributed by atoms with Crippen LogP contribution in [0.1, 0.15) is 56.8 Å². The molecule has 0 aliphatic rings. The fourth-order valence-corrected chi connectivity index (χ4v) is 4.13. The second kappa shape index (κ2) is 21.5. The third-order valence-corrected chi connectivity index (χ3v) is 6.61. The van der Waals surface area contributed by atoms with Crippen LogP contribution in [-0.2, 0) is 26.4 Å². The second-order valence-corrected chi connectivity index (χ2v) is 10.8. The molecule has 0 aliphatic heterocycles. The van der Waals surface area contributed by atoms with Gasteiger partial charge in [0, 0.05) is 16.5 Å². The summed E-state index contributed by atoms with van der Waals surface area (Å²) >= 11 is 3.27. The largest absolute Gasteiger partial charge is 0.508 e. The van der Waals surface area contributed by atoms with Crippen LogP contribution in [0.3, 0.4) is 0 Å². The normalized spacial score (nSPS) is 10.1. The molecule has 4 aromatic rings. The van der Waals surface area contributed by atoms with E-state index in [-0.39, 0.29) is 43.7 Å². The van der Waals surface area contributed by atoms with Crippen molar-refractivity contribution >= 4 is 27.5 Å². The standard InChI is InChI=1S/C18H20O5.C10H11BrO2.C8H10O3/c1-13(21)16-2-4-17(5-3-16)22-6-7-23-18-9-14(11-19)8-15(10-18)12-20;1-8(12)9-2-4-10(5-3-9)13-7-6-11;9-4-6-1-7(5-10)3-8(11)2-6/h2-5,8-10,19-20H,6-7,11-12H2,1H3;2-5H,6-7H2,1H3;1-3,9-11H,4-5H2. The Morgan fingerprint density at radius 1 is 0.532 bits per heavy atom. The summed E-state index contributed by atoms with van der Waals surface area (Å²) in [5, 5.41) is 45.6.